The summed E-state index contributed by atoms with van der Waals surface area (Å²) in [6.45, 7) is 3.32. The molecule has 1 aliphatic heterocycles. The molecule has 1 aliphatic rings. The lowest BCUT2D eigenvalue weighted by Crippen LogP contribution is -2.36. The first-order chi connectivity index (χ1) is 16.0. The topological polar surface area (TPSA) is 92.5 Å². The minimum absolute atomic E-state index is 0.0772. The van der Waals surface area contributed by atoms with Gasteiger partial charge in [0.1, 0.15) is 5.00 Å². The lowest BCUT2D eigenvalue weighted by Gasteiger charge is -2.27. The maximum Gasteiger partial charge on any atom is 0.273 e. The van der Waals surface area contributed by atoms with E-state index in [9.17, 15) is 19.7 Å². The Bertz CT molecular complexity index is 1180. The van der Waals surface area contributed by atoms with Gasteiger partial charge in [0.2, 0.25) is 5.91 Å². The molecule has 1 fully saturated rings. The predicted octanol–water partition coefficient (Wildman–Crippen LogP) is 5.44. The molecule has 0 radical (unpaired) electrons. The molecule has 8 heteroatoms. The number of nitro groups is 1. The number of rotatable bonds is 6. The second-order valence-electron chi connectivity index (χ2n) is 8.09. The van der Waals surface area contributed by atoms with Crippen molar-refractivity contribution >= 4 is 33.8 Å². The molecular formula is C25H25N3O4S. The average molecular weight is 464 g/mol. The van der Waals surface area contributed by atoms with Gasteiger partial charge in [-0.1, -0.05) is 48.5 Å². The Balaban J connectivity index is 1.67. The van der Waals surface area contributed by atoms with Crippen molar-refractivity contribution in [2.75, 3.05) is 18.4 Å². The SMILES string of the molecule is Cc1c(-c2ccccc2)sc(NC(=O)Cc2ccccc2[N+](=O)[O-])c1C(=O)N1CCCCC1. The van der Waals surface area contributed by atoms with Crippen molar-refractivity contribution in [2.24, 2.45) is 0 Å². The fourth-order valence-corrected chi connectivity index (χ4v) is 5.38. The van der Waals surface area contributed by atoms with Crippen LogP contribution in [0.1, 0.15) is 40.7 Å². The summed E-state index contributed by atoms with van der Waals surface area (Å²) in [5.74, 6) is -0.468. The van der Waals surface area contributed by atoms with Crippen molar-refractivity contribution in [1.29, 1.82) is 0 Å². The smallest absolute Gasteiger partial charge is 0.273 e. The normalized spacial score (nSPS) is 13.5. The summed E-state index contributed by atoms with van der Waals surface area (Å²) in [6, 6.07) is 16.0. The van der Waals surface area contributed by atoms with Crippen LogP contribution in [-0.4, -0.2) is 34.7 Å². The zero-order valence-corrected chi connectivity index (χ0v) is 19.2. The summed E-state index contributed by atoms with van der Waals surface area (Å²) in [5.41, 5.74) is 2.57. The molecule has 7 nitrogen and oxygen atoms in total. The molecule has 33 heavy (non-hydrogen) atoms. The van der Waals surface area contributed by atoms with E-state index in [-0.39, 0.29) is 18.0 Å². The third kappa shape index (κ3) is 4.96. The number of hydrogen-bond donors (Lipinski definition) is 1. The average Bonchev–Trinajstić information content (AvgIpc) is 3.15. The highest BCUT2D eigenvalue weighted by Gasteiger charge is 2.28. The largest absolute Gasteiger partial charge is 0.339 e. The van der Waals surface area contributed by atoms with Crippen LogP contribution in [0.2, 0.25) is 0 Å². The van der Waals surface area contributed by atoms with E-state index in [0.29, 0.717) is 29.2 Å². The minimum Gasteiger partial charge on any atom is -0.339 e. The lowest BCUT2D eigenvalue weighted by molar-refractivity contribution is -0.385. The molecule has 1 N–H and O–H groups in total. The van der Waals surface area contributed by atoms with Crippen LogP contribution in [0.15, 0.2) is 54.6 Å². The molecule has 2 heterocycles. The first-order valence-electron chi connectivity index (χ1n) is 11.0. The van der Waals surface area contributed by atoms with E-state index in [1.54, 1.807) is 18.2 Å². The summed E-state index contributed by atoms with van der Waals surface area (Å²) in [5, 5.41) is 14.7. The fourth-order valence-electron chi connectivity index (χ4n) is 4.16. The Morgan fingerprint density at radius 3 is 2.39 bits per heavy atom. The number of piperidine rings is 1. The third-order valence-electron chi connectivity index (χ3n) is 5.83. The molecule has 170 valence electrons. The third-order valence-corrected chi connectivity index (χ3v) is 7.09. The summed E-state index contributed by atoms with van der Waals surface area (Å²) in [4.78, 5) is 40.0. The molecule has 2 amide bonds. The van der Waals surface area contributed by atoms with Crippen molar-refractivity contribution in [1.82, 2.24) is 4.90 Å². The monoisotopic (exact) mass is 463 g/mol. The zero-order chi connectivity index (χ0) is 23.4. The van der Waals surface area contributed by atoms with Gasteiger partial charge in [-0.2, -0.15) is 0 Å². The zero-order valence-electron chi connectivity index (χ0n) is 18.4. The number of thiophene rings is 1. The molecule has 1 saturated heterocycles. The molecule has 3 aromatic rings. The van der Waals surface area contributed by atoms with E-state index in [1.165, 1.54) is 17.4 Å². The minimum atomic E-state index is -0.489. The molecule has 2 aromatic carbocycles. The molecule has 0 bridgehead atoms. The number of likely N-dealkylation sites (tertiary alicyclic amines) is 1. The standard InChI is InChI=1S/C25H25N3O4S/c1-17-22(25(30)27-14-8-3-9-15-27)24(33-23(17)18-10-4-2-5-11-18)26-21(29)16-19-12-6-7-13-20(19)28(31)32/h2,4-7,10-13H,3,8-9,14-16H2,1H3,(H,26,29). The highest BCUT2D eigenvalue weighted by Crippen LogP contribution is 2.41. The number of carbonyl (C=O) groups excluding carboxylic acids is 2. The number of anilines is 1. The fraction of sp³-hybridized carbons (Fsp3) is 0.280. The highest BCUT2D eigenvalue weighted by atomic mass is 32.1. The van der Waals surface area contributed by atoms with Crippen molar-refractivity contribution in [2.45, 2.75) is 32.6 Å². The van der Waals surface area contributed by atoms with Gasteiger partial charge in [0.25, 0.3) is 11.6 Å². The van der Waals surface area contributed by atoms with E-state index in [4.69, 9.17) is 0 Å². The maximum atomic E-state index is 13.5. The number of nitrogens with one attached hydrogen (secondary N) is 1. The second kappa shape index (κ2) is 9.95. The number of para-hydroxylation sites is 1. The molecule has 0 spiro atoms. The van der Waals surface area contributed by atoms with Gasteiger partial charge in [-0.15, -0.1) is 11.3 Å². The van der Waals surface area contributed by atoms with Gasteiger partial charge in [0.05, 0.1) is 16.9 Å². The second-order valence-corrected chi connectivity index (χ2v) is 9.11. The Hall–Kier alpha value is -3.52. The van der Waals surface area contributed by atoms with E-state index in [0.717, 1.165) is 35.3 Å². The first kappa shape index (κ1) is 22.7. The van der Waals surface area contributed by atoms with Crippen LogP contribution in [-0.2, 0) is 11.2 Å². The van der Waals surface area contributed by atoms with Crippen LogP contribution in [0.3, 0.4) is 0 Å². The number of carbonyl (C=O) groups is 2. The molecular weight excluding hydrogens is 438 g/mol. The van der Waals surface area contributed by atoms with Crippen LogP contribution < -0.4 is 5.32 Å². The summed E-state index contributed by atoms with van der Waals surface area (Å²) in [7, 11) is 0. The van der Waals surface area contributed by atoms with Gasteiger partial charge in [0.15, 0.2) is 0 Å². The van der Waals surface area contributed by atoms with Gasteiger partial charge >= 0.3 is 0 Å². The number of nitro benzene ring substituents is 1. The summed E-state index contributed by atoms with van der Waals surface area (Å²) < 4.78 is 0. The summed E-state index contributed by atoms with van der Waals surface area (Å²) >= 11 is 1.37. The highest BCUT2D eigenvalue weighted by molar-refractivity contribution is 7.20. The van der Waals surface area contributed by atoms with Gasteiger partial charge in [0, 0.05) is 29.6 Å². The molecule has 0 unspecified atom stereocenters. The quantitative estimate of drug-likeness (QED) is 0.389. The van der Waals surface area contributed by atoms with Crippen molar-refractivity contribution in [3.63, 3.8) is 0 Å². The number of benzene rings is 2. The number of hydrogen-bond acceptors (Lipinski definition) is 5. The Kier molecular flexibility index (Phi) is 6.84. The molecule has 0 atom stereocenters. The van der Waals surface area contributed by atoms with E-state index >= 15 is 0 Å². The molecule has 1 aromatic heterocycles. The van der Waals surface area contributed by atoms with E-state index in [2.05, 4.69) is 5.32 Å². The first-order valence-corrected chi connectivity index (χ1v) is 11.8. The number of nitrogens with zero attached hydrogens (tertiary/aromatic N) is 2. The van der Waals surface area contributed by atoms with Crippen molar-refractivity contribution in [3.8, 4) is 10.4 Å². The molecule has 0 aliphatic carbocycles. The predicted molar refractivity (Wildman–Crippen MR) is 130 cm³/mol. The van der Waals surface area contributed by atoms with Crippen LogP contribution in [0, 0.1) is 17.0 Å². The van der Waals surface area contributed by atoms with Crippen LogP contribution in [0.4, 0.5) is 10.7 Å². The van der Waals surface area contributed by atoms with Gasteiger partial charge in [-0.25, -0.2) is 0 Å². The van der Waals surface area contributed by atoms with Crippen LogP contribution >= 0.6 is 11.3 Å². The molecule has 4 rings (SSSR count). The molecule has 0 saturated carbocycles. The number of amides is 2. The van der Waals surface area contributed by atoms with Gasteiger partial charge in [-0.3, -0.25) is 19.7 Å². The summed E-state index contributed by atoms with van der Waals surface area (Å²) in [6.07, 6.45) is 2.91. The lowest BCUT2D eigenvalue weighted by atomic mass is 10.0. The van der Waals surface area contributed by atoms with Crippen LogP contribution in [0.25, 0.3) is 10.4 Å². The maximum absolute atomic E-state index is 13.5. The van der Waals surface area contributed by atoms with E-state index in [1.807, 2.05) is 42.2 Å². The van der Waals surface area contributed by atoms with Crippen LogP contribution in [0.5, 0.6) is 0 Å². The van der Waals surface area contributed by atoms with Gasteiger partial charge < -0.3 is 10.2 Å². The Labute approximate surface area is 196 Å². The van der Waals surface area contributed by atoms with Crippen molar-refractivity contribution < 1.29 is 14.5 Å². The Morgan fingerprint density at radius 2 is 1.70 bits per heavy atom. The Morgan fingerprint density at radius 1 is 1.03 bits per heavy atom. The van der Waals surface area contributed by atoms with E-state index < -0.39 is 10.8 Å². The van der Waals surface area contributed by atoms with Crippen molar-refractivity contribution in [3.05, 3.63) is 81.4 Å². The van der Waals surface area contributed by atoms with Gasteiger partial charge in [-0.05, 0) is 37.3 Å².